The van der Waals surface area contributed by atoms with Crippen LogP contribution < -0.4 is 14.4 Å². The first kappa shape index (κ1) is 27.6. The van der Waals surface area contributed by atoms with Crippen molar-refractivity contribution in [2.24, 2.45) is 0 Å². The molecule has 1 fully saturated rings. The second kappa shape index (κ2) is 11.9. The largest absolute Gasteiger partial charge is 0.493 e. The summed E-state index contributed by atoms with van der Waals surface area (Å²) in [5.41, 5.74) is 1.89. The molecular weight excluding hydrogens is 599 g/mol. The van der Waals surface area contributed by atoms with Gasteiger partial charge < -0.3 is 19.1 Å². The molecule has 1 saturated heterocycles. The second-order valence-electron chi connectivity index (χ2n) is 8.04. The Hall–Kier alpha value is -3.47. The summed E-state index contributed by atoms with van der Waals surface area (Å²) in [5.74, 6) is -0.569. The molecule has 1 aliphatic rings. The van der Waals surface area contributed by atoms with Gasteiger partial charge in [0.25, 0.3) is 5.91 Å². The molecule has 0 spiro atoms. The average Bonchev–Trinajstić information content (AvgIpc) is 3.12. The van der Waals surface area contributed by atoms with Crippen LogP contribution in [0.4, 0.5) is 10.1 Å². The van der Waals surface area contributed by atoms with Crippen molar-refractivity contribution in [1.82, 2.24) is 4.90 Å². The summed E-state index contributed by atoms with van der Waals surface area (Å²) in [6.45, 7) is -0.146. The number of amides is 1. The van der Waals surface area contributed by atoms with E-state index in [0.717, 1.165) is 0 Å². The van der Waals surface area contributed by atoms with E-state index in [2.05, 4.69) is 15.9 Å². The monoisotopic (exact) mass is 618 g/mol. The number of hydrogen-bond donors (Lipinski definition) is 0. The minimum absolute atomic E-state index is 0.114. The first-order valence-corrected chi connectivity index (χ1v) is 12.7. The molecule has 0 unspecified atom stereocenters. The van der Waals surface area contributed by atoms with Gasteiger partial charge in [0, 0.05) is 5.02 Å². The zero-order valence-corrected chi connectivity index (χ0v) is 23.4. The maximum absolute atomic E-state index is 13.5. The molecule has 0 aromatic heterocycles. The van der Waals surface area contributed by atoms with Crippen LogP contribution in [0.15, 0.2) is 70.8 Å². The quantitative estimate of drug-likeness (QED) is 0.175. The number of anilines is 1. The molecule has 1 aliphatic heterocycles. The van der Waals surface area contributed by atoms with Crippen molar-refractivity contribution < 1.29 is 28.2 Å². The smallest absolute Gasteiger partial charge is 0.325 e. The number of hydrogen-bond acceptors (Lipinski definition) is 6. The number of carbonyl (C=O) groups excluding carboxylic acids is 2. The third-order valence-corrected chi connectivity index (χ3v) is 6.81. The fourth-order valence-electron chi connectivity index (χ4n) is 3.75. The van der Waals surface area contributed by atoms with Gasteiger partial charge in [-0.05, 0) is 93.9 Å². The Morgan fingerprint density at radius 1 is 1.13 bits per heavy atom. The Balaban J connectivity index is 1.69. The first-order chi connectivity index (χ1) is 18.2. The topological polar surface area (TPSA) is 68.3 Å². The molecule has 0 atom stereocenters. The summed E-state index contributed by atoms with van der Waals surface area (Å²) >= 11 is 15.1. The molecule has 38 heavy (non-hydrogen) atoms. The van der Waals surface area contributed by atoms with E-state index < -0.39 is 11.9 Å². The standard InChI is InChI=1S/C27H21BrClFN2O5S/c1-35-23-13-17(11-21(28)25(23)37-15-16-4-3-5-19(30)10-16)12-22-26(34)32(20-8-6-18(29)7-9-20)27(38)31(22)14-24(33)36-2/h3-13H,14-15H2,1-2H3/b22-12-. The molecule has 0 radical (unpaired) electrons. The predicted octanol–water partition coefficient (Wildman–Crippen LogP) is 5.98. The van der Waals surface area contributed by atoms with Crippen LogP contribution in [0.5, 0.6) is 11.5 Å². The lowest BCUT2D eigenvalue weighted by atomic mass is 10.1. The Morgan fingerprint density at radius 3 is 2.53 bits per heavy atom. The summed E-state index contributed by atoms with van der Waals surface area (Å²) in [5, 5.41) is 0.625. The first-order valence-electron chi connectivity index (χ1n) is 11.2. The fourth-order valence-corrected chi connectivity index (χ4v) is 4.80. The van der Waals surface area contributed by atoms with Gasteiger partial charge in [0.05, 0.1) is 24.4 Å². The van der Waals surface area contributed by atoms with Crippen LogP contribution in [0.25, 0.3) is 6.08 Å². The van der Waals surface area contributed by atoms with Crippen LogP contribution in [-0.4, -0.2) is 42.7 Å². The molecule has 0 bridgehead atoms. The number of methoxy groups -OCH3 is 2. The minimum atomic E-state index is -0.566. The van der Waals surface area contributed by atoms with Gasteiger partial charge >= 0.3 is 5.97 Å². The van der Waals surface area contributed by atoms with Crippen LogP contribution in [0, 0.1) is 5.82 Å². The average molecular weight is 620 g/mol. The van der Waals surface area contributed by atoms with E-state index in [-0.39, 0.29) is 29.8 Å². The summed E-state index contributed by atoms with van der Waals surface area (Å²) < 4.78 is 30.3. The van der Waals surface area contributed by atoms with Crippen LogP contribution in [0.1, 0.15) is 11.1 Å². The van der Waals surface area contributed by atoms with Gasteiger partial charge in [-0.25, -0.2) is 4.39 Å². The minimum Gasteiger partial charge on any atom is -0.493 e. The summed E-state index contributed by atoms with van der Waals surface area (Å²) in [6.07, 6.45) is 1.59. The van der Waals surface area contributed by atoms with Crippen LogP contribution in [0.2, 0.25) is 5.02 Å². The maximum Gasteiger partial charge on any atom is 0.325 e. The Bertz CT molecular complexity index is 1430. The van der Waals surface area contributed by atoms with Crippen molar-refractivity contribution in [3.8, 4) is 11.5 Å². The van der Waals surface area contributed by atoms with E-state index in [0.29, 0.717) is 37.8 Å². The lowest BCUT2D eigenvalue weighted by Gasteiger charge is -2.19. The van der Waals surface area contributed by atoms with Gasteiger partial charge in [-0.15, -0.1) is 0 Å². The molecule has 3 aromatic carbocycles. The Morgan fingerprint density at radius 2 is 1.87 bits per heavy atom. The van der Waals surface area contributed by atoms with Gasteiger partial charge in [-0.3, -0.25) is 14.5 Å². The molecule has 3 aromatic rings. The predicted molar refractivity (Wildman–Crippen MR) is 150 cm³/mol. The van der Waals surface area contributed by atoms with Gasteiger partial charge in [0.15, 0.2) is 16.6 Å². The number of ether oxygens (including phenoxy) is 3. The molecule has 1 amide bonds. The number of nitrogens with zero attached hydrogens (tertiary/aromatic N) is 2. The van der Waals surface area contributed by atoms with Gasteiger partial charge in [0.1, 0.15) is 24.7 Å². The third kappa shape index (κ3) is 5.98. The van der Waals surface area contributed by atoms with Crippen LogP contribution in [0.3, 0.4) is 0 Å². The van der Waals surface area contributed by atoms with Crippen molar-refractivity contribution in [2.75, 3.05) is 25.7 Å². The van der Waals surface area contributed by atoms with Crippen molar-refractivity contribution in [3.05, 3.63) is 92.8 Å². The lowest BCUT2D eigenvalue weighted by Crippen LogP contribution is -2.35. The van der Waals surface area contributed by atoms with E-state index in [1.54, 1.807) is 54.6 Å². The van der Waals surface area contributed by atoms with Crippen LogP contribution in [-0.2, 0) is 20.9 Å². The summed E-state index contributed by atoms with van der Waals surface area (Å²) in [4.78, 5) is 28.4. The molecule has 0 saturated carbocycles. The molecular formula is C27H21BrClFN2O5S. The zero-order valence-electron chi connectivity index (χ0n) is 20.2. The molecule has 11 heteroatoms. The highest BCUT2D eigenvalue weighted by Crippen LogP contribution is 2.39. The molecule has 4 rings (SSSR count). The number of benzene rings is 3. The molecule has 1 heterocycles. The maximum atomic E-state index is 13.5. The van der Waals surface area contributed by atoms with Crippen molar-refractivity contribution in [3.63, 3.8) is 0 Å². The Labute approximate surface area is 237 Å². The number of rotatable bonds is 8. The SMILES string of the molecule is COC(=O)CN1C(=S)N(c2ccc(Cl)cc2)C(=O)/C1=C/c1cc(Br)c(OCc2cccc(F)c2)c(OC)c1. The number of thiocarbonyl (C=S) groups is 1. The van der Waals surface area contributed by atoms with E-state index in [9.17, 15) is 14.0 Å². The molecule has 0 N–H and O–H groups in total. The van der Waals surface area contributed by atoms with Crippen molar-refractivity contribution in [2.45, 2.75) is 6.61 Å². The van der Waals surface area contributed by atoms with E-state index in [1.807, 2.05) is 0 Å². The van der Waals surface area contributed by atoms with E-state index >= 15 is 0 Å². The second-order valence-corrected chi connectivity index (χ2v) is 9.70. The number of halogens is 3. The third-order valence-electron chi connectivity index (χ3n) is 5.56. The van der Waals surface area contributed by atoms with Gasteiger partial charge in [-0.2, -0.15) is 0 Å². The highest BCUT2D eigenvalue weighted by molar-refractivity contribution is 9.10. The van der Waals surface area contributed by atoms with E-state index in [4.69, 9.17) is 38.0 Å². The van der Waals surface area contributed by atoms with E-state index in [1.165, 1.54) is 36.2 Å². The summed E-state index contributed by atoms with van der Waals surface area (Å²) in [6, 6.07) is 16.1. The fraction of sp³-hybridized carbons (Fsp3) is 0.148. The normalized spacial score (nSPS) is 14.3. The number of esters is 1. The zero-order chi connectivity index (χ0) is 27.4. The van der Waals surface area contributed by atoms with Crippen molar-refractivity contribution >= 4 is 68.5 Å². The lowest BCUT2D eigenvalue weighted by molar-refractivity contribution is -0.140. The van der Waals surface area contributed by atoms with Gasteiger partial charge in [0.2, 0.25) is 0 Å². The molecule has 0 aliphatic carbocycles. The Kier molecular flexibility index (Phi) is 8.65. The number of carbonyl (C=O) groups is 2. The van der Waals surface area contributed by atoms with Crippen LogP contribution >= 0.6 is 39.7 Å². The van der Waals surface area contributed by atoms with Gasteiger partial charge in [-0.1, -0.05) is 23.7 Å². The summed E-state index contributed by atoms with van der Waals surface area (Å²) in [7, 11) is 2.74. The molecule has 7 nitrogen and oxygen atoms in total. The highest BCUT2D eigenvalue weighted by Gasteiger charge is 2.40. The highest BCUT2D eigenvalue weighted by atomic mass is 79.9. The van der Waals surface area contributed by atoms with Crippen molar-refractivity contribution in [1.29, 1.82) is 0 Å². The molecule has 196 valence electrons.